The minimum absolute atomic E-state index is 0.132. The van der Waals surface area contributed by atoms with Gasteiger partial charge in [-0.15, -0.1) is 0 Å². The van der Waals surface area contributed by atoms with Gasteiger partial charge < -0.3 is 10.6 Å². The molecule has 1 aromatic rings. The molecule has 3 nitrogen and oxygen atoms in total. The summed E-state index contributed by atoms with van der Waals surface area (Å²) in [5.41, 5.74) is 7.14. The molecule has 0 bridgehead atoms. The van der Waals surface area contributed by atoms with Crippen molar-refractivity contribution in [3.63, 3.8) is 0 Å². The molecular weight excluding hydrogens is 241 g/mol. The molecule has 2 aliphatic rings. The lowest BCUT2D eigenvalue weighted by Gasteiger charge is -2.45. The van der Waals surface area contributed by atoms with Crippen molar-refractivity contribution in [1.82, 2.24) is 4.90 Å². The van der Waals surface area contributed by atoms with Gasteiger partial charge in [0.05, 0.1) is 5.69 Å². The Labute approximate surface area is 114 Å². The molecule has 2 N–H and O–H groups in total. The largest absolute Gasteiger partial charge is 0.366 e. The molecule has 3 rings (SSSR count). The summed E-state index contributed by atoms with van der Waals surface area (Å²) in [4.78, 5) is 4.76. The lowest BCUT2D eigenvalue weighted by Crippen LogP contribution is -2.55. The quantitative estimate of drug-likeness (QED) is 0.885. The molecule has 1 unspecified atom stereocenters. The molecular formula is C15H22FN3. The van der Waals surface area contributed by atoms with Crippen LogP contribution in [0.25, 0.3) is 0 Å². The Morgan fingerprint density at radius 2 is 2.11 bits per heavy atom. The Kier molecular flexibility index (Phi) is 3.71. The van der Waals surface area contributed by atoms with Crippen LogP contribution in [0.15, 0.2) is 18.2 Å². The van der Waals surface area contributed by atoms with Gasteiger partial charge in [-0.1, -0.05) is 12.5 Å². The third-order valence-corrected chi connectivity index (χ3v) is 4.43. The van der Waals surface area contributed by atoms with Gasteiger partial charge in [0.1, 0.15) is 5.82 Å². The summed E-state index contributed by atoms with van der Waals surface area (Å²) in [7, 11) is 0. The monoisotopic (exact) mass is 263 g/mol. The summed E-state index contributed by atoms with van der Waals surface area (Å²) in [6.45, 7) is 4.55. The van der Waals surface area contributed by atoms with Crippen LogP contribution in [0.2, 0.25) is 0 Å². The molecule has 0 aromatic heterocycles. The maximum Gasteiger partial charge on any atom is 0.146 e. The van der Waals surface area contributed by atoms with Crippen molar-refractivity contribution in [1.29, 1.82) is 0 Å². The van der Waals surface area contributed by atoms with Crippen molar-refractivity contribution >= 4 is 5.69 Å². The second-order valence-electron chi connectivity index (χ2n) is 5.62. The fourth-order valence-corrected chi connectivity index (χ4v) is 3.31. The maximum absolute atomic E-state index is 14.1. The first kappa shape index (κ1) is 12.9. The molecule has 1 aromatic carbocycles. The molecule has 0 radical (unpaired) electrons. The summed E-state index contributed by atoms with van der Waals surface area (Å²) >= 11 is 0. The zero-order valence-corrected chi connectivity index (χ0v) is 11.3. The number of hydrogen-bond donors (Lipinski definition) is 1. The summed E-state index contributed by atoms with van der Waals surface area (Å²) in [5, 5.41) is 0. The highest BCUT2D eigenvalue weighted by Crippen LogP contribution is 2.27. The number of anilines is 1. The van der Waals surface area contributed by atoms with E-state index in [2.05, 4.69) is 9.80 Å². The zero-order chi connectivity index (χ0) is 13.2. The van der Waals surface area contributed by atoms with E-state index in [0.29, 0.717) is 12.6 Å². The first-order chi connectivity index (χ1) is 9.28. The minimum atomic E-state index is -0.132. The van der Waals surface area contributed by atoms with E-state index < -0.39 is 0 Å². The van der Waals surface area contributed by atoms with Crippen molar-refractivity contribution in [3.05, 3.63) is 29.6 Å². The SMILES string of the molecule is NCc1ccc(N2CCN3CCCCC3C2)c(F)c1. The second kappa shape index (κ2) is 5.47. The standard InChI is InChI=1S/C15H22FN3/c16-14-9-12(10-17)4-5-15(14)19-8-7-18-6-2-1-3-13(18)11-19/h4-5,9,13H,1-3,6-8,10-11,17H2. The highest BCUT2D eigenvalue weighted by molar-refractivity contribution is 5.50. The molecule has 0 spiro atoms. The molecule has 2 aliphatic heterocycles. The topological polar surface area (TPSA) is 32.5 Å². The summed E-state index contributed by atoms with van der Waals surface area (Å²) in [5.74, 6) is -0.132. The van der Waals surface area contributed by atoms with Crippen LogP contribution < -0.4 is 10.6 Å². The van der Waals surface area contributed by atoms with Crippen molar-refractivity contribution in [2.45, 2.75) is 31.8 Å². The van der Waals surface area contributed by atoms with Crippen LogP contribution >= 0.6 is 0 Å². The van der Waals surface area contributed by atoms with Gasteiger partial charge in [-0.05, 0) is 37.1 Å². The number of hydrogen-bond acceptors (Lipinski definition) is 3. The molecule has 0 saturated carbocycles. The lowest BCUT2D eigenvalue weighted by atomic mass is 9.99. The fraction of sp³-hybridized carbons (Fsp3) is 0.600. The Bertz CT molecular complexity index is 449. The fourth-order valence-electron chi connectivity index (χ4n) is 3.31. The van der Waals surface area contributed by atoms with Gasteiger partial charge in [-0.3, -0.25) is 4.90 Å². The van der Waals surface area contributed by atoms with E-state index >= 15 is 0 Å². The number of rotatable bonds is 2. The molecule has 2 fully saturated rings. The van der Waals surface area contributed by atoms with E-state index in [4.69, 9.17) is 5.73 Å². The molecule has 1 atom stereocenters. The van der Waals surface area contributed by atoms with Crippen LogP contribution in [0.4, 0.5) is 10.1 Å². The van der Waals surface area contributed by atoms with Crippen LogP contribution in [0.5, 0.6) is 0 Å². The summed E-state index contributed by atoms with van der Waals surface area (Å²) in [6, 6.07) is 6.00. The highest BCUT2D eigenvalue weighted by Gasteiger charge is 2.29. The normalized spacial score (nSPS) is 24.3. The number of nitrogens with two attached hydrogens (primary N) is 1. The van der Waals surface area contributed by atoms with Gasteiger partial charge in [-0.2, -0.15) is 0 Å². The molecule has 2 saturated heterocycles. The van der Waals surface area contributed by atoms with E-state index in [-0.39, 0.29) is 5.82 Å². The summed E-state index contributed by atoms with van der Waals surface area (Å²) < 4.78 is 14.1. The maximum atomic E-state index is 14.1. The van der Waals surface area contributed by atoms with Crippen LogP contribution in [0, 0.1) is 5.82 Å². The van der Waals surface area contributed by atoms with Crippen LogP contribution in [-0.2, 0) is 6.54 Å². The van der Waals surface area contributed by atoms with E-state index in [9.17, 15) is 4.39 Å². The Hall–Kier alpha value is -1.13. The number of nitrogens with zero attached hydrogens (tertiary/aromatic N) is 2. The third kappa shape index (κ3) is 2.60. The zero-order valence-electron chi connectivity index (χ0n) is 11.3. The molecule has 104 valence electrons. The molecule has 2 heterocycles. The van der Waals surface area contributed by atoms with Crippen molar-refractivity contribution in [3.8, 4) is 0 Å². The van der Waals surface area contributed by atoms with Crippen molar-refractivity contribution in [2.75, 3.05) is 31.1 Å². The van der Waals surface area contributed by atoms with Crippen molar-refractivity contribution in [2.24, 2.45) is 5.73 Å². The number of benzene rings is 1. The van der Waals surface area contributed by atoms with Crippen LogP contribution in [0.1, 0.15) is 24.8 Å². The lowest BCUT2D eigenvalue weighted by molar-refractivity contribution is 0.133. The number of piperazine rings is 1. The van der Waals surface area contributed by atoms with Crippen LogP contribution in [0.3, 0.4) is 0 Å². The van der Waals surface area contributed by atoms with Crippen LogP contribution in [-0.4, -0.2) is 37.1 Å². The first-order valence-corrected chi connectivity index (χ1v) is 7.25. The van der Waals surface area contributed by atoms with Gasteiger partial charge in [0.2, 0.25) is 0 Å². The second-order valence-corrected chi connectivity index (χ2v) is 5.62. The summed E-state index contributed by atoms with van der Waals surface area (Å²) in [6.07, 6.45) is 3.87. The smallest absolute Gasteiger partial charge is 0.146 e. The average molecular weight is 263 g/mol. The number of fused-ring (bicyclic) bond motifs is 1. The van der Waals surface area contributed by atoms with E-state index in [1.165, 1.54) is 25.8 Å². The molecule has 4 heteroatoms. The first-order valence-electron chi connectivity index (χ1n) is 7.25. The highest BCUT2D eigenvalue weighted by atomic mass is 19.1. The van der Waals surface area contributed by atoms with Gasteiger partial charge in [0.25, 0.3) is 0 Å². The van der Waals surface area contributed by atoms with Gasteiger partial charge >= 0.3 is 0 Å². The van der Waals surface area contributed by atoms with Gasteiger partial charge in [-0.25, -0.2) is 4.39 Å². The molecule has 0 amide bonds. The predicted octanol–water partition coefficient (Wildman–Crippen LogP) is 1.96. The number of piperidine rings is 1. The van der Waals surface area contributed by atoms with Gasteiger partial charge in [0, 0.05) is 32.2 Å². The van der Waals surface area contributed by atoms with E-state index in [1.54, 1.807) is 6.07 Å². The average Bonchev–Trinajstić information content (AvgIpc) is 2.46. The molecule has 19 heavy (non-hydrogen) atoms. The Balaban J connectivity index is 1.75. The van der Waals surface area contributed by atoms with E-state index in [0.717, 1.165) is 30.9 Å². The van der Waals surface area contributed by atoms with Crippen molar-refractivity contribution < 1.29 is 4.39 Å². The van der Waals surface area contributed by atoms with E-state index in [1.807, 2.05) is 12.1 Å². The third-order valence-electron chi connectivity index (χ3n) is 4.43. The Morgan fingerprint density at radius 1 is 1.21 bits per heavy atom. The predicted molar refractivity (Wildman–Crippen MR) is 75.7 cm³/mol. The minimum Gasteiger partial charge on any atom is -0.366 e. The number of halogens is 1. The van der Waals surface area contributed by atoms with Gasteiger partial charge in [0.15, 0.2) is 0 Å². The Morgan fingerprint density at radius 3 is 2.89 bits per heavy atom. The molecule has 0 aliphatic carbocycles.